The normalized spacial score (nSPS) is 28.9. The Morgan fingerprint density at radius 3 is 2.26 bits per heavy atom. The van der Waals surface area contributed by atoms with Gasteiger partial charge in [0.05, 0.1) is 23.4 Å². The van der Waals surface area contributed by atoms with Gasteiger partial charge in [-0.1, -0.05) is 12.2 Å². The maximum absolute atomic E-state index is 13.2. The molecule has 2 saturated heterocycles. The van der Waals surface area contributed by atoms with Gasteiger partial charge in [0.1, 0.15) is 11.6 Å². The van der Waals surface area contributed by atoms with E-state index in [-0.39, 0.29) is 60.1 Å². The summed E-state index contributed by atoms with van der Waals surface area (Å²) >= 11 is 0. The van der Waals surface area contributed by atoms with Crippen LogP contribution in [0.1, 0.15) is 18.4 Å². The lowest BCUT2D eigenvalue weighted by Gasteiger charge is -2.20. The summed E-state index contributed by atoms with van der Waals surface area (Å²) in [4.78, 5) is 54.1. The number of rotatable bonds is 4. The summed E-state index contributed by atoms with van der Waals surface area (Å²) in [6, 6.07) is 10.4. The maximum atomic E-state index is 13.2. The number of hydrogen-bond acceptors (Lipinski definition) is 5. The fourth-order valence-electron chi connectivity index (χ4n) is 6.02. The van der Waals surface area contributed by atoms with Gasteiger partial charge in [0.15, 0.2) is 0 Å². The highest BCUT2D eigenvalue weighted by atomic mass is 19.1. The molecule has 3 amide bonds. The van der Waals surface area contributed by atoms with Crippen LogP contribution < -0.4 is 14.5 Å². The number of ether oxygens (including phenoxy) is 1. The van der Waals surface area contributed by atoms with Crippen molar-refractivity contribution in [1.82, 2.24) is 0 Å². The lowest BCUT2D eigenvalue weighted by molar-refractivity contribution is -0.139. The zero-order valence-electron chi connectivity index (χ0n) is 19.0. The quantitative estimate of drug-likeness (QED) is 0.294. The van der Waals surface area contributed by atoms with E-state index < -0.39 is 17.7 Å². The molecule has 3 fully saturated rings. The number of nitrogens with zero attached hydrogens (tertiary/aromatic N) is 2. The number of carbonyl (C=O) groups is 4. The number of esters is 1. The van der Waals surface area contributed by atoms with Crippen molar-refractivity contribution in [2.24, 2.45) is 29.6 Å². The van der Waals surface area contributed by atoms with E-state index in [2.05, 4.69) is 12.2 Å². The molecule has 4 aliphatic rings. The molecule has 8 heteroatoms. The molecule has 178 valence electrons. The first kappa shape index (κ1) is 21.7. The minimum atomic E-state index is -0.656. The molecular formula is C27H23FN2O5. The smallest absolute Gasteiger partial charge is 0.316 e. The molecule has 2 aliphatic heterocycles. The van der Waals surface area contributed by atoms with Crippen LogP contribution >= 0.6 is 0 Å². The minimum Gasteiger partial charge on any atom is -0.426 e. The highest BCUT2D eigenvalue weighted by molar-refractivity contribution is 6.23. The first-order chi connectivity index (χ1) is 16.8. The van der Waals surface area contributed by atoms with Crippen molar-refractivity contribution in [3.63, 3.8) is 0 Å². The molecule has 0 unspecified atom stereocenters. The van der Waals surface area contributed by atoms with Gasteiger partial charge in [-0.15, -0.1) is 0 Å². The number of hydrogen-bond donors (Lipinski definition) is 0. The lowest BCUT2D eigenvalue weighted by Crippen LogP contribution is -2.33. The molecule has 7 nitrogen and oxygen atoms in total. The van der Waals surface area contributed by atoms with Crippen LogP contribution in [0.25, 0.3) is 0 Å². The van der Waals surface area contributed by atoms with Crippen molar-refractivity contribution in [3.05, 3.63) is 66.0 Å². The highest BCUT2D eigenvalue weighted by Crippen LogP contribution is 2.53. The average molecular weight is 474 g/mol. The Kier molecular flexibility index (Phi) is 4.88. The molecule has 1 saturated carbocycles. The van der Waals surface area contributed by atoms with Gasteiger partial charge in [-0.2, -0.15) is 0 Å². The third-order valence-corrected chi connectivity index (χ3v) is 7.69. The van der Waals surface area contributed by atoms with Crippen LogP contribution in [0, 0.1) is 42.3 Å². The molecule has 2 heterocycles. The Bertz CT molecular complexity index is 1270. The zero-order valence-corrected chi connectivity index (χ0v) is 19.0. The Hall–Kier alpha value is -3.81. The van der Waals surface area contributed by atoms with Crippen LogP contribution in [0.5, 0.6) is 5.75 Å². The fourth-order valence-corrected chi connectivity index (χ4v) is 6.02. The van der Waals surface area contributed by atoms with Crippen LogP contribution in [-0.2, 0) is 19.2 Å². The molecule has 2 bridgehead atoms. The Labute approximate surface area is 201 Å². The van der Waals surface area contributed by atoms with Gasteiger partial charge in [-0.3, -0.25) is 19.2 Å². The summed E-state index contributed by atoms with van der Waals surface area (Å²) in [7, 11) is 0. The first-order valence-corrected chi connectivity index (χ1v) is 11.8. The maximum Gasteiger partial charge on any atom is 0.316 e. The third kappa shape index (κ3) is 3.38. The van der Waals surface area contributed by atoms with Gasteiger partial charge in [0, 0.05) is 18.7 Å². The number of anilines is 2. The monoisotopic (exact) mass is 474 g/mol. The van der Waals surface area contributed by atoms with Gasteiger partial charge in [0.25, 0.3) is 0 Å². The predicted octanol–water partition coefficient (Wildman–Crippen LogP) is 3.40. The summed E-state index contributed by atoms with van der Waals surface area (Å²) in [5, 5.41) is 0. The molecule has 0 aromatic heterocycles. The molecule has 6 rings (SSSR count). The third-order valence-electron chi connectivity index (χ3n) is 7.69. The molecule has 2 aliphatic carbocycles. The van der Waals surface area contributed by atoms with Crippen LogP contribution in [0.4, 0.5) is 15.8 Å². The first-order valence-electron chi connectivity index (χ1n) is 11.8. The van der Waals surface area contributed by atoms with E-state index in [4.69, 9.17) is 4.74 Å². The Morgan fingerprint density at radius 2 is 1.63 bits per heavy atom. The number of amides is 3. The Morgan fingerprint density at radius 1 is 0.971 bits per heavy atom. The number of halogens is 1. The van der Waals surface area contributed by atoms with Crippen molar-refractivity contribution < 1.29 is 28.3 Å². The van der Waals surface area contributed by atoms with E-state index in [1.165, 1.54) is 34.1 Å². The SMILES string of the molecule is Cc1cc(OC(=O)[C@H]2CC(=O)N(c3ccc(F)cc3)C2)ccc1N1C(=O)[C@@H]2[C@H](C1=O)[C@H]1C=C[C@H]2C1. The summed E-state index contributed by atoms with van der Waals surface area (Å²) in [6.45, 7) is 1.92. The largest absolute Gasteiger partial charge is 0.426 e. The lowest BCUT2D eigenvalue weighted by atomic mass is 9.85. The number of carbonyl (C=O) groups excluding carboxylic acids is 4. The van der Waals surface area contributed by atoms with Crippen LogP contribution in [0.2, 0.25) is 0 Å². The van der Waals surface area contributed by atoms with Crippen molar-refractivity contribution >= 4 is 35.1 Å². The number of fused-ring (bicyclic) bond motifs is 5. The van der Waals surface area contributed by atoms with Crippen LogP contribution in [0.3, 0.4) is 0 Å². The molecule has 0 N–H and O–H groups in total. The standard InChI is InChI=1S/C27H23FN2O5/c1-14-10-20(35-27(34)17-12-22(31)29(13-17)19-6-4-18(28)5-7-19)8-9-21(14)30-25(32)23-15-2-3-16(11-15)24(23)26(30)33/h2-10,15-17,23-24H,11-13H2,1H3/t15-,16-,17-,23-,24+/m0/s1. The fraction of sp³-hybridized carbons (Fsp3) is 0.333. The topological polar surface area (TPSA) is 84.0 Å². The zero-order chi connectivity index (χ0) is 24.4. The van der Waals surface area contributed by atoms with E-state index in [1.807, 2.05) is 0 Å². The molecule has 5 atom stereocenters. The van der Waals surface area contributed by atoms with Gasteiger partial charge >= 0.3 is 5.97 Å². The number of allylic oxidation sites excluding steroid dienone is 2. The second kappa shape index (κ2) is 7.86. The molecule has 2 aromatic carbocycles. The van der Waals surface area contributed by atoms with Crippen LogP contribution in [-0.4, -0.2) is 30.2 Å². The highest BCUT2D eigenvalue weighted by Gasteiger charge is 2.59. The second-order valence-electron chi connectivity index (χ2n) is 9.76. The Balaban J connectivity index is 1.15. The van der Waals surface area contributed by atoms with Gasteiger partial charge in [0.2, 0.25) is 17.7 Å². The summed E-state index contributed by atoms with van der Waals surface area (Å²) in [6.07, 6.45) is 4.99. The van der Waals surface area contributed by atoms with E-state index in [9.17, 15) is 23.6 Å². The van der Waals surface area contributed by atoms with Crippen LogP contribution in [0.15, 0.2) is 54.6 Å². The molecule has 0 spiro atoms. The van der Waals surface area contributed by atoms with Gasteiger partial charge in [-0.25, -0.2) is 9.29 Å². The number of imide groups is 1. The number of benzene rings is 2. The van der Waals surface area contributed by atoms with Gasteiger partial charge in [-0.05, 0) is 73.2 Å². The van der Waals surface area contributed by atoms with E-state index in [0.717, 1.165) is 6.42 Å². The predicted molar refractivity (Wildman–Crippen MR) is 124 cm³/mol. The molecule has 0 radical (unpaired) electrons. The van der Waals surface area contributed by atoms with Crippen molar-refractivity contribution in [3.8, 4) is 5.75 Å². The summed E-state index contributed by atoms with van der Waals surface area (Å²) < 4.78 is 18.7. The molecule has 35 heavy (non-hydrogen) atoms. The van der Waals surface area contributed by atoms with E-state index in [0.29, 0.717) is 16.9 Å². The second-order valence-corrected chi connectivity index (χ2v) is 9.76. The van der Waals surface area contributed by atoms with E-state index >= 15 is 0 Å². The van der Waals surface area contributed by atoms with E-state index in [1.54, 1.807) is 25.1 Å². The van der Waals surface area contributed by atoms with Crippen molar-refractivity contribution in [2.45, 2.75) is 19.8 Å². The molecule has 2 aromatic rings. The summed E-state index contributed by atoms with van der Waals surface area (Å²) in [5.74, 6) is -2.15. The summed E-state index contributed by atoms with van der Waals surface area (Å²) in [5.41, 5.74) is 1.68. The van der Waals surface area contributed by atoms with Crippen molar-refractivity contribution in [1.29, 1.82) is 0 Å². The minimum absolute atomic E-state index is 0.00318. The van der Waals surface area contributed by atoms with Gasteiger partial charge < -0.3 is 9.64 Å². The van der Waals surface area contributed by atoms with Crippen molar-refractivity contribution in [2.75, 3.05) is 16.3 Å². The molecular weight excluding hydrogens is 451 g/mol. The number of aryl methyl sites for hydroxylation is 1. The average Bonchev–Trinajstić information content (AvgIpc) is 3.59.